The van der Waals surface area contributed by atoms with Crippen LogP contribution in [0.2, 0.25) is 0 Å². The Morgan fingerprint density at radius 3 is 2.38 bits per heavy atom. The van der Waals surface area contributed by atoms with E-state index in [4.69, 9.17) is 0 Å². The molecule has 1 aliphatic heterocycles. The molecule has 70 valence electrons. The predicted molar refractivity (Wildman–Crippen MR) is 55.7 cm³/mol. The first kappa shape index (κ1) is 8.76. The third-order valence-corrected chi connectivity index (χ3v) is 2.90. The first-order valence-electron chi connectivity index (χ1n) is 5.21. The van der Waals surface area contributed by atoms with Gasteiger partial charge in [0.05, 0.1) is 0 Å². The summed E-state index contributed by atoms with van der Waals surface area (Å²) in [7, 11) is 0. The van der Waals surface area contributed by atoms with E-state index in [0.29, 0.717) is 6.04 Å². The van der Waals surface area contributed by atoms with Gasteiger partial charge < -0.3 is 0 Å². The minimum absolute atomic E-state index is 0.662. The number of likely N-dealkylation sites (tertiary alicyclic amines) is 1. The third kappa shape index (κ3) is 1.75. The Bertz CT molecular complexity index is 251. The van der Waals surface area contributed by atoms with Gasteiger partial charge in [-0.1, -0.05) is 37.3 Å². The molecular weight excluding hydrogens is 158 g/mol. The maximum atomic E-state index is 2.56. The molecule has 0 aliphatic carbocycles. The van der Waals surface area contributed by atoms with Gasteiger partial charge in [0.25, 0.3) is 0 Å². The molecule has 0 bridgehead atoms. The maximum absolute atomic E-state index is 2.56. The second-order valence-electron chi connectivity index (χ2n) is 3.72. The average Bonchev–Trinajstić information content (AvgIpc) is 2.12. The molecule has 1 aromatic carbocycles. The van der Waals surface area contributed by atoms with Gasteiger partial charge in [0.1, 0.15) is 0 Å². The molecule has 2 rings (SSSR count). The first-order valence-corrected chi connectivity index (χ1v) is 5.21. The molecule has 1 atom stereocenters. The number of hydrogen-bond acceptors (Lipinski definition) is 1. The second-order valence-corrected chi connectivity index (χ2v) is 3.72. The molecular formula is C12H17N. The van der Waals surface area contributed by atoms with Crippen LogP contribution in [0.5, 0.6) is 0 Å². The summed E-state index contributed by atoms with van der Waals surface area (Å²) in [6.07, 6.45) is 2.60. The minimum atomic E-state index is 0.662. The molecule has 1 heteroatoms. The van der Waals surface area contributed by atoms with Crippen LogP contribution in [0.1, 0.15) is 31.4 Å². The number of rotatable bonds is 3. The van der Waals surface area contributed by atoms with Crippen LogP contribution in [0.15, 0.2) is 30.3 Å². The molecule has 1 nitrogen and oxygen atoms in total. The molecule has 0 amide bonds. The van der Waals surface area contributed by atoms with Gasteiger partial charge in [-0.2, -0.15) is 0 Å². The molecule has 0 radical (unpaired) electrons. The van der Waals surface area contributed by atoms with Crippen LogP contribution in [-0.4, -0.2) is 18.0 Å². The summed E-state index contributed by atoms with van der Waals surface area (Å²) in [6, 6.07) is 11.5. The zero-order valence-corrected chi connectivity index (χ0v) is 8.24. The van der Waals surface area contributed by atoms with Crippen molar-refractivity contribution in [3.63, 3.8) is 0 Å². The SMILES string of the molecule is CC[C@@H](c1ccccc1)N1CCC1. The summed E-state index contributed by atoms with van der Waals surface area (Å²) < 4.78 is 0. The van der Waals surface area contributed by atoms with Crippen molar-refractivity contribution in [2.24, 2.45) is 0 Å². The molecule has 0 aromatic heterocycles. The fourth-order valence-electron chi connectivity index (χ4n) is 2.03. The van der Waals surface area contributed by atoms with E-state index in [1.807, 2.05) is 0 Å². The normalized spacial score (nSPS) is 19.5. The monoisotopic (exact) mass is 175 g/mol. The molecule has 0 N–H and O–H groups in total. The zero-order valence-electron chi connectivity index (χ0n) is 8.24. The summed E-state index contributed by atoms with van der Waals surface area (Å²) in [5.41, 5.74) is 1.48. The third-order valence-electron chi connectivity index (χ3n) is 2.90. The van der Waals surface area contributed by atoms with Crippen molar-refractivity contribution in [3.05, 3.63) is 35.9 Å². The van der Waals surface area contributed by atoms with Crippen LogP contribution >= 0.6 is 0 Å². The molecule has 0 saturated carbocycles. The highest BCUT2D eigenvalue weighted by molar-refractivity contribution is 5.19. The van der Waals surface area contributed by atoms with Gasteiger partial charge in [-0.25, -0.2) is 0 Å². The van der Waals surface area contributed by atoms with Crippen molar-refractivity contribution in [2.75, 3.05) is 13.1 Å². The fourth-order valence-corrected chi connectivity index (χ4v) is 2.03. The quantitative estimate of drug-likeness (QED) is 0.682. The van der Waals surface area contributed by atoms with Crippen molar-refractivity contribution >= 4 is 0 Å². The van der Waals surface area contributed by atoms with Gasteiger partial charge >= 0.3 is 0 Å². The molecule has 0 spiro atoms. The highest BCUT2D eigenvalue weighted by Crippen LogP contribution is 2.27. The van der Waals surface area contributed by atoms with E-state index >= 15 is 0 Å². The predicted octanol–water partition coefficient (Wildman–Crippen LogP) is 2.84. The molecule has 0 unspecified atom stereocenters. The van der Waals surface area contributed by atoms with E-state index in [0.717, 1.165) is 0 Å². The average molecular weight is 175 g/mol. The lowest BCUT2D eigenvalue weighted by atomic mass is 10.00. The van der Waals surface area contributed by atoms with Crippen molar-refractivity contribution in [3.8, 4) is 0 Å². The van der Waals surface area contributed by atoms with E-state index in [1.54, 1.807) is 0 Å². The van der Waals surface area contributed by atoms with E-state index in [2.05, 4.69) is 42.2 Å². The van der Waals surface area contributed by atoms with Gasteiger partial charge in [0.15, 0.2) is 0 Å². The van der Waals surface area contributed by atoms with Crippen LogP contribution in [0.25, 0.3) is 0 Å². The zero-order chi connectivity index (χ0) is 9.10. The topological polar surface area (TPSA) is 3.24 Å². The lowest BCUT2D eigenvalue weighted by Gasteiger charge is -2.38. The Labute approximate surface area is 80.4 Å². The smallest absolute Gasteiger partial charge is 0.0345 e. The van der Waals surface area contributed by atoms with Gasteiger partial charge in [-0.05, 0) is 31.5 Å². The lowest BCUT2D eigenvalue weighted by Crippen LogP contribution is -2.39. The largest absolute Gasteiger partial charge is 0.296 e. The Kier molecular flexibility index (Phi) is 2.65. The molecule has 1 aliphatic rings. The van der Waals surface area contributed by atoms with Crippen molar-refractivity contribution in [1.29, 1.82) is 0 Å². The Balaban J connectivity index is 2.12. The summed E-state index contributed by atoms with van der Waals surface area (Å²) in [5, 5.41) is 0. The fraction of sp³-hybridized carbons (Fsp3) is 0.500. The van der Waals surface area contributed by atoms with E-state index in [-0.39, 0.29) is 0 Å². The van der Waals surface area contributed by atoms with Crippen LogP contribution < -0.4 is 0 Å². The number of benzene rings is 1. The van der Waals surface area contributed by atoms with Crippen molar-refractivity contribution in [1.82, 2.24) is 4.90 Å². The number of hydrogen-bond donors (Lipinski definition) is 0. The van der Waals surface area contributed by atoms with Crippen molar-refractivity contribution in [2.45, 2.75) is 25.8 Å². The number of nitrogens with zero attached hydrogens (tertiary/aromatic N) is 1. The van der Waals surface area contributed by atoms with E-state index in [9.17, 15) is 0 Å². The Hall–Kier alpha value is -0.820. The lowest BCUT2D eigenvalue weighted by molar-refractivity contribution is 0.115. The Morgan fingerprint density at radius 2 is 1.92 bits per heavy atom. The molecule has 13 heavy (non-hydrogen) atoms. The molecule has 1 saturated heterocycles. The second kappa shape index (κ2) is 3.93. The molecule has 1 heterocycles. The summed E-state index contributed by atoms with van der Waals surface area (Å²) in [4.78, 5) is 2.56. The van der Waals surface area contributed by atoms with Gasteiger partial charge in [-0.15, -0.1) is 0 Å². The van der Waals surface area contributed by atoms with Crippen LogP contribution in [-0.2, 0) is 0 Å². The highest BCUT2D eigenvalue weighted by atomic mass is 15.2. The standard InChI is InChI=1S/C12H17N/c1-2-12(13-9-6-10-13)11-7-4-3-5-8-11/h3-5,7-8,12H,2,6,9-10H2,1H3/t12-/m0/s1. The first-order chi connectivity index (χ1) is 6.42. The van der Waals surface area contributed by atoms with Crippen molar-refractivity contribution < 1.29 is 0 Å². The van der Waals surface area contributed by atoms with Gasteiger partial charge in [0, 0.05) is 6.04 Å². The van der Waals surface area contributed by atoms with Crippen LogP contribution in [0.4, 0.5) is 0 Å². The minimum Gasteiger partial charge on any atom is -0.296 e. The molecule has 1 aromatic rings. The summed E-state index contributed by atoms with van der Waals surface area (Å²) in [6.45, 7) is 4.84. The van der Waals surface area contributed by atoms with E-state index in [1.165, 1.54) is 31.5 Å². The Morgan fingerprint density at radius 1 is 1.23 bits per heavy atom. The van der Waals surface area contributed by atoms with E-state index < -0.39 is 0 Å². The highest BCUT2D eigenvalue weighted by Gasteiger charge is 2.23. The molecule has 1 fully saturated rings. The summed E-state index contributed by atoms with van der Waals surface area (Å²) in [5.74, 6) is 0. The summed E-state index contributed by atoms with van der Waals surface area (Å²) >= 11 is 0. The van der Waals surface area contributed by atoms with Crippen LogP contribution in [0, 0.1) is 0 Å². The van der Waals surface area contributed by atoms with Gasteiger partial charge in [-0.3, -0.25) is 4.90 Å². The van der Waals surface area contributed by atoms with Crippen LogP contribution in [0.3, 0.4) is 0 Å². The maximum Gasteiger partial charge on any atom is 0.0345 e. The van der Waals surface area contributed by atoms with Gasteiger partial charge in [0.2, 0.25) is 0 Å².